The fraction of sp³-hybridized carbons (Fsp3) is 0.143. The van der Waals surface area contributed by atoms with Crippen molar-refractivity contribution in [2.45, 2.75) is 24.3 Å². The molecule has 0 spiro atoms. The average Bonchev–Trinajstić information content (AvgIpc) is 3.70. The molecule has 1 aliphatic heterocycles. The lowest BCUT2D eigenvalue weighted by Crippen LogP contribution is -2.45. The quantitative estimate of drug-likeness (QED) is 0.179. The van der Waals surface area contributed by atoms with Gasteiger partial charge in [0.25, 0.3) is 0 Å². The van der Waals surface area contributed by atoms with E-state index in [1.54, 1.807) is 12.1 Å². The molecule has 2 aliphatic rings. The molecule has 6 rings (SSSR count). The van der Waals surface area contributed by atoms with Gasteiger partial charge in [-0.15, -0.1) is 5.53 Å². The molecular weight excluding hydrogens is 563 g/mol. The molecule has 1 unspecified atom stereocenters. The van der Waals surface area contributed by atoms with Gasteiger partial charge >= 0.3 is 0 Å². The summed E-state index contributed by atoms with van der Waals surface area (Å²) < 4.78 is 13.7. The van der Waals surface area contributed by atoms with Crippen molar-refractivity contribution in [3.05, 3.63) is 99.4 Å². The molecule has 4 aromatic rings. The Bertz CT molecular complexity index is 1820. The van der Waals surface area contributed by atoms with Crippen molar-refractivity contribution in [1.82, 2.24) is 25.9 Å². The van der Waals surface area contributed by atoms with E-state index in [0.29, 0.717) is 44.6 Å². The summed E-state index contributed by atoms with van der Waals surface area (Å²) in [6, 6.07) is 17.2. The summed E-state index contributed by atoms with van der Waals surface area (Å²) in [7, 11) is 2.01. The number of hydrogen-bond donors (Lipinski definition) is 4. The number of hydrazine groups is 2. The molecule has 13 heteroatoms. The van der Waals surface area contributed by atoms with Gasteiger partial charge in [0.1, 0.15) is 13.9 Å². The van der Waals surface area contributed by atoms with Crippen LogP contribution in [0.3, 0.4) is 0 Å². The molecule has 0 saturated heterocycles. The summed E-state index contributed by atoms with van der Waals surface area (Å²) in [4.78, 5) is 8.08. The van der Waals surface area contributed by atoms with Crippen LogP contribution in [0.5, 0.6) is 0 Å². The van der Waals surface area contributed by atoms with Crippen LogP contribution < -0.4 is 21.6 Å². The fourth-order valence-corrected chi connectivity index (χ4v) is 5.23. The highest BCUT2D eigenvalue weighted by Gasteiger charge is 2.38. The Hall–Kier alpha value is -4.55. The average molecular weight is 584 g/mol. The number of pyridine rings is 2. The van der Waals surface area contributed by atoms with E-state index < -0.39 is 11.4 Å². The Morgan fingerprint density at radius 1 is 1.05 bits per heavy atom. The smallest absolute Gasteiger partial charge is 0.231 e. The number of benzene rings is 2. The third kappa shape index (κ3) is 5.07. The Morgan fingerprint density at radius 3 is 2.59 bits per heavy atom. The van der Waals surface area contributed by atoms with E-state index in [1.165, 1.54) is 18.5 Å². The summed E-state index contributed by atoms with van der Waals surface area (Å²) in [6.07, 6.45) is 6.94. The molecule has 2 aromatic carbocycles. The van der Waals surface area contributed by atoms with Crippen molar-refractivity contribution in [2.75, 3.05) is 10.6 Å². The summed E-state index contributed by atoms with van der Waals surface area (Å²) in [5.41, 5.74) is 10.0. The Labute approximate surface area is 245 Å². The highest BCUT2D eigenvalue weighted by Crippen LogP contribution is 2.39. The number of nitriles is 2. The maximum Gasteiger partial charge on any atom is 0.231 e. The highest BCUT2D eigenvalue weighted by atomic mass is 35.5. The Morgan fingerprint density at radius 2 is 1.85 bits per heavy atom. The fourth-order valence-electron chi connectivity index (χ4n) is 4.80. The van der Waals surface area contributed by atoms with Crippen LogP contribution in [-0.2, 0) is 5.44 Å². The van der Waals surface area contributed by atoms with Gasteiger partial charge in [0, 0.05) is 29.5 Å². The predicted octanol–water partition coefficient (Wildman–Crippen LogP) is 4.79. The Kier molecular flexibility index (Phi) is 6.80. The van der Waals surface area contributed by atoms with Crippen LogP contribution in [0.15, 0.2) is 66.8 Å². The third-order valence-electron chi connectivity index (χ3n) is 7.14. The normalized spacial score (nSPS) is 15.8. The highest BCUT2D eigenvalue weighted by molar-refractivity contribution is 6.36. The molecule has 4 N–H and O–H groups in total. The molecular formula is C28H21BCl2FN9. The molecule has 9 nitrogen and oxygen atoms in total. The second-order valence-corrected chi connectivity index (χ2v) is 10.8. The van der Waals surface area contributed by atoms with Gasteiger partial charge in [-0.25, -0.2) is 4.98 Å². The molecule has 1 aliphatic carbocycles. The summed E-state index contributed by atoms with van der Waals surface area (Å²) >= 11 is 12.7. The Balaban J connectivity index is 1.47. The number of nitrogens with zero attached hydrogens (tertiary/aromatic N) is 5. The van der Waals surface area contributed by atoms with Crippen LogP contribution in [0.1, 0.15) is 29.5 Å². The van der Waals surface area contributed by atoms with E-state index in [9.17, 15) is 14.9 Å². The lowest BCUT2D eigenvalue weighted by Gasteiger charge is -2.34. The SMILES string of the molecule is BC(Nc1cc(Cl)c2ncc(C#N)c(Nc3cnc(F)c(Cl)c3)c2c1)(C1=CN(C2CC2)NN1)c1cccc(C#N)c1. The van der Waals surface area contributed by atoms with Gasteiger partial charge in [0.05, 0.1) is 61.5 Å². The first-order valence-electron chi connectivity index (χ1n) is 12.7. The first-order chi connectivity index (χ1) is 19.8. The molecule has 41 heavy (non-hydrogen) atoms. The predicted molar refractivity (Wildman–Crippen MR) is 158 cm³/mol. The molecule has 1 fully saturated rings. The zero-order chi connectivity index (χ0) is 28.7. The molecule has 3 heterocycles. The van der Waals surface area contributed by atoms with Gasteiger partial charge in [0.15, 0.2) is 0 Å². The number of fused-ring (bicyclic) bond motifs is 1. The maximum atomic E-state index is 13.7. The minimum absolute atomic E-state index is 0.159. The van der Waals surface area contributed by atoms with Crippen molar-refractivity contribution in [3.8, 4) is 12.1 Å². The zero-order valence-corrected chi connectivity index (χ0v) is 23.1. The van der Waals surface area contributed by atoms with Crippen molar-refractivity contribution in [1.29, 1.82) is 10.5 Å². The molecule has 0 amide bonds. The maximum absolute atomic E-state index is 13.7. The van der Waals surface area contributed by atoms with Gasteiger partial charge in [-0.2, -0.15) is 14.9 Å². The minimum atomic E-state index is -0.831. The lowest BCUT2D eigenvalue weighted by atomic mass is 9.69. The molecule has 0 radical (unpaired) electrons. The molecule has 1 saturated carbocycles. The molecule has 1 atom stereocenters. The van der Waals surface area contributed by atoms with Crippen LogP contribution >= 0.6 is 23.2 Å². The van der Waals surface area contributed by atoms with Crippen LogP contribution in [0.4, 0.5) is 21.5 Å². The number of aromatic nitrogens is 2. The third-order valence-corrected chi connectivity index (χ3v) is 7.69. The first kappa shape index (κ1) is 26.7. The van der Waals surface area contributed by atoms with Crippen molar-refractivity contribution < 1.29 is 4.39 Å². The van der Waals surface area contributed by atoms with E-state index in [1.807, 2.05) is 43.3 Å². The van der Waals surface area contributed by atoms with E-state index in [2.05, 4.69) is 43.7 Å². The number of hydrogen-bond acceptors (Lipinski definition) is 9. The number of halogens is 3. The van der Waals surface area contributed by atoms with Crippen molar-refractivity contribution in [3.63, 3.8) is 0 Å². The van der Waals surface area contributed by atoms with Crippen molar-refractivity contribution in [2.24, 2.45) is 0 Å². The topological polar surface area (TPSA) is 125 Å². The van der Waals surface area contributed by atoms with Crippen LogP contribution in [-0.4, -0.2) is 28.9 Å². The van der Waals surface area contributed by atoms with Crippen LogP contribution in [0, 0.1) is 28.6 Å². The van der Waals surface area contributed by atoms with Gasteiger partial charge < -0.3 is 16.1 Å². The summed E-state index contributed by atoms with van der Waals surface area (Å²) in [5.74, 6) is -0.795. The second kappa shape index (κ2) is 10.5. The summed E-state index contributed by atoms with van der Waals surface area (Å²) in [6.45, 7) is 0. The zero-order valence-electron chi connectivity index (χ0n) is 21.6. The number of nitrogens with one attached hydrogen (secondary N) is 4. The van der Waals surface area contributed by atoms with Crippen LogP contribution in [0.2, 0.25) is 10.0 Å². The minimum Gasteiger partial charge on any atom is -0.378 e. The van der Waals surface area contributed by atoms with E-state index in [0.717, 1.165) is 24.1 Å². The van der Waals surface area contributed by atoms with Crippen molar-refractivity contribution >= 4 is 59.0 Å². The molecule has 0 bridgehead atoms. The number of rotatable bonds is 7. The lowest BCUT2D eigenvalue weighted by molar-refractivity contribution is 0.260. The van der Waals surface area contributed by atoms with E-state index in [-0.39, 0.29) is 10.6 Å². The second-order valence-electron chi connectivity index (χ2n) is 10.00. The molecule has 202 valence electrons. The standard InChI is InChI=1S/C28H21BCl2FN9/c29-28(17-3-1-2-15(6-17)10-33,24-14-41(40-39-24)20-4-5-20)38-18-7-21-25(37-19-9-23(31)27(32)36-13-19)16(11-34)12-35-26(21)22(30)8-18/h1-3,6-9,12-14,20,38-40H,4-5,29H2,(H,35,37). The van der Waals surface area contributed by atoms with E-state index in [4.69, 9.17) is 23.2 Å². The first-order valence-corrected chi connectivity index (χ1v) is 13.5. The van der Waals surface area contributed by atoms with Gasteiger partial charge in [0.2, 0.25) is 5.95 Å². The number of anilines is 3. The van der Waals surface area contributed by atoms with Crippen LogP contribution in [0.25, 0.3) is 10.9 Å². The van der Waals surface area contributed by atoms with Gasteiger partial charge in [-0.1, -0.05) is 35.3 Å². The monoisotopic (exact) mass is 583 g/mol. The largest absolute Gasteiger partial charge is 0.378 e. The summed E-state index contributed by atoms with van der Waals surface area (Å²) in [5, 5.41) is 29.0. The molecule has 2 aromatic heterocycles. The van der Waals surface area contributed by atoms with Gasteiger partial charge in [-0.3, -0.25) is 9.99 Å². The van der Waals surface area contributed by atoms with E-state index >= 15 is 0 Å². The van der Waals surface area contributed by atoms with Gasteiger partial charge in [-0.05, 0) is 48.7 Å².